The number of hydrogen-bond acceptors (Lipinski definition) is 5. The first-order chi connectivity index (χ1) is 9.81. The van der Waals surface area contributed by atoms with E-state index in [9.17, 15) is 4.79 Å². The molecule has 1 aliphatic carbocycles. The van der Waals surface area contributed by atoms with Crippen LogP contribution in [0.3, 0.4) is 0 Å². The van der Waals surface area contributed by atoms with Crippen molar-refractivity contribution in [3.05, 3.63) is 42.2 Å². The van der Waals surface area contributed by atoms with Crippen LogP contribution in [0.1, 0.15) is 18.4 Å². The van der Waals surface area contributed by atoms with Crippen LogP contribution >= 0.6 is 0 Å². The first-order valence-corrected chi connectivity index (χ1v) is 6.58. The summed E-state index contributed by atoms with van der Waals surface area (Å²) in [6, 6.07) is 7.42. The summed E-state index contributed by atoms with van der Waals surface area (Å²) in [5.41, 5.74) is 1.07. The van der Waals surface area contributed by atoms with Crippen LogP contribution in [0, 0.1) is 5.92 Å². The Morgan fingerprint density at radius 3 is 2.65 bits per heavy atom. The SMILES string of the molecule is O=C(Nc1ccc(NCc2cccnc2)nn1)C1CC1. The number of amides is 1. The molecule has 3 rings (SSSR count). The Bertz CT molecular complexity index is 580. The number of hydrogen-bond donors (Lipinski definition) is 2. The number of rotatable bonds is 5. The maximum Gasteiger partial charge on any atom is 0.228 e. The highest BCUT2D eigenvalue weighted by Crippen LogP contribution is 2.29. The first kappa shape index (κ1) is 12.5. The summed E-state index contributed by atoms with van der Waals surface area (Å²) >= 11 is 0. The van der Waals surface area contributed by atoms with Crippen LogP contribution < -0.4 is 10.6 Å². The minimum Gasteiger partial charge on any atom is -0.364 e. The molecule has 1 saturated carbocycles. The molecule has 1 amide bonds. The molecule has 0 radical (unpaired) electrons. The predicted octanol–water partition coefficient (Wildman–Crippen LogP) is 1.83. The normalized spacial score (nSPS) is 13.8. The molecule has 0 aromatic carbocycles. The minimum atomic E-state index is 0.0374. The number of carbonyl (C=O) groups excluding carboxylic acids is 1. The third-order valence-electron chi connectivity index (χ3n) is 3.06. The number of pyridine rings is 1. The van der Waals surface area contributed by atoms with Crippen molar-refractivity contribution in [1.82, 2.24) is 15.2 Å². The molecule has 1 fully saturated rings. The maximum absolute atomic E-state index is 11.6. The lowest BCUT2D eigenvalue weighted by Crippen LogP contribution is -2.15. The van der Waals surface area contributed by atoms with Gasteiger partial charge in [0.2, 0.25) is 5.91 Å². The van der Waals surface area contributed by atoms with Crippen LogP contribution in [-0.2, 0) is 11.3 Å². The largest absolute Gasteiger partial charge is 0.364 e. The molecule has 2 heterocycles. The van der Waals surface area contributed by atoms with Gasteiger partial charge in [-0.25, -0.2) is 0 Å². The quantitative estimate of drug-likeness (QED) is 0.865. The van der Waals surface area contributed by atoms with Gasteiger partial charge >= 0.3 is 0 Å². The summed E-state index contributed by atoms with van der Waals surface area (Å²) in [6.45, 7) is 0.635. The molecule has 0 spiro atoms. The van der Waals surface area contributed by atoms with Gasteiger partial charge in [-0.3, -0.25) is 9.78 Å². The Labute approximate surface area is 116 Å². The topological polar surface area (TPSA) is 79.8 Å². The molecule has 0 atom stereocenters. The van der Waals surface area contributed by atoms with Gasteiger partial charge in [0.15, 0.2) is 5.82 Å². The number of anilines is 2. The minimum absolute atomic E-state index is 0.0374. The Hall–Kier alpha value is -2.50. The summed E-state index contributed by atoms with van der Waals surface area (Å²) in [4.78, 5) is 15.6. The second-order valence-electron chi connectivity index (χ2n) is 4.78. The van der Waals surface area contributed by atoms with Gasteiger partial charge in [-0.15, -0.1) is 10.2 Å². The van der Waals surface area contributed by atoms with Crippen LogP contribution in [0.15, 0.2) is 36.7 Å². The van der Waals surface area contributed by atoms with E-state index in [1.165, 1.54) is 0 Å². The summed E-state index contributed by atoms with van der Waals surface area (Å²) in [5, 5.41) is 13.9. The van der Waals surface area contributed by atoms with Gasteiger partial charge in [0, 0.05) is 24.9 Å². The Kier molecular flexibility index (Phi) is 3.54. The second-order valence-corrected chi connectivity index (χ2v) is 4.78. The van der Waals surface area contributed by atoms with Crippen LogP contribution in [-0.4, -0.2) is 21.1 Å². The highest BCUT2D eigenvalue weighted by atomic mass is 16.2. The van der Waals surface area contributed by atoms with Gasteiger partial charge in [-0.1, -0.05) is 6.07 Å². The molecule has 0 saturated heterocycles. The summed E-state index contributed by atoms with van der Waals surface area (Å²) in [7, 11) is 0. The van der Waals surface area contributed by atoms with Crippen molar-refractivity contribution < 1.29 is 4.79 Å². The molecule has 20 heavy (non-hydrogen) atoms. The van der Waals surface area contributed by atoms with Crippen LogP contribution in [0.4, 0.5) is 11.6 Å². The van der Waals surface area contributed by atoms with Crippen molar-refractivity contribution in [2.45, 2.75) is 19.4 Å². The fourth-order valence-electron chi connectivity index (χ4n) is 1.76. The molecule has 2 N–H and O–H groups in total. The predicted molar refractivity (Wildman–Crippen MR) is 74.9 cm³/mol. The zero-order chi connectivity index (χ0) is 13.8. The van der Waals surface area contributed by atoms with Crippen molar-refractivity contribution in [2.24, 2.45) is 5.92 Å². The van der Waals surface area contributed by atoms with E-state index in [2.05, 4.69) is 25.8 Å². The standard InChI is InChI=1S/C14H15N5O/c20-14(11-3-4-11)17-13-6-5-12(18-19-13)16-9-10-2-1-7-15-8-10/h1-2,5-8,11H,3-4,9H2,(H,16,18)(H,17,19,20). The summed E-state index contributed by atoms with van der Waals surface area (Å²) < 4.78 is 0. The fourth-order valence-corrected chi connectivity index (χ4v) is 1.76. The van der Waals surface area contributed by atoms with Gasteiger partial charge in [-0.05, 0) is 36.6 Å². The van der Waals surface area contributed by atoms with Gasteiger partial charge < -0.3 is 10.6 Å². The number of nitrogens with one attached hydrogen (secondary N) is 2. The van der Waals surface area contributed by atoms with E-state index in [1.807, 2.05) is 12.1 Å². The molecule has 0 unspecified atom stereocenters. The number of nitrogens with zero attached hydrogens (tertiary/aromatic N) is 3. The third-order valence-corrected chi connectivity index (χ3v) is 3.06. The molecule has 0 aliphatic heterocycles. The first-order valence-electron chi connectivity index (χ1n) is 6.58. The van der Waals surface area contributed by atoms with E-state index in [0.717, 1.165) is 18.4 Å². The zero-order valence-corrected chi connectivity index (χ0v) is 10.9. The van der Waals surface area contributed by atoms with E-state index in [0.29, 0.717) is 18.2 Å². The second kappa shape index (κ2) is 5.64. The number of carbonyl (C=O) groups is 1. The lowest BCUT2D eigenvalue weighted by Gasteiger charge is -2.06. The monoisotopic (exact) mass is 269 g/mol. The van der Waals surface area contributed by atoms with Gasteiger partial charge in [0.05, 0.1) is 0 Å². The molecule has 6 nitrogen and oxygen atoms in total. The van der Waals surface area contributed by atoms with Crippen LogP contribution in [0.25, 0.3) is 0 Å². The molecular weight excluding hydrogens is 254 g/mol. The average Bonchev–Trinajstić information content (AvgIpc) is 3.32. The van der Waals surface area contributed by atoms with E-state index in [4.69, 9.17) is 0 Å². The molecule has 102 valence electrons. The summed E-state index contributed by atoms with van der Waals surface area (Å²) in [6.07, 6.45) is 5.49. The Balaban J connectivity index is 1.54. The van der Waals surface area contributed by atoms with Crippen molar-refractivity contribution in [1.29, 1.82) is 0 Å². The lowest BCUT2D eigenvalue weighted by molar-refractivity contribution is -0.117. The van der Waals surface area contributed by atoms with E-state index in [-0.39, 0.29) is 11.8 Å². The Morgan fingerprint density at radius 2 is 2.00 bits per heavy atom. The van der Waals surface area contributed by atoms with Crippen molar-refractivity contribution in [3.8, 4) is 0 Å². The fraction of sp³-hybridized carbons (Fsp3) is 0.286. The van der Waals surface area contributed by atoms with E-state index in [1.54, 1.807) is 24.5 Å². The van der Waals surface area contributed by atoms with Crippen LogP contribution in [0.5, 0.6) is 0 Å². The van der Waals surface area contributed by atoms with E-state index < -0.39 is 0 Å². The molecule has 0 bridgehead atoms. The Morgan fingerprint density at radius 1 is 1.20 bits per heavy atom. The van der Waals surface area contributed by atoms with E-state index >= 15 is 0 Å². The highest BCUT2D eigenvalue weighted by molar-refractivity contribution is 5.93. The summed E-state index contributed by atoms with van der Waals surface area (Å²) in [5.74, 6) is 1.36. The van der Waals surface area contributed by atoms with Crippen molar-refractivity contribution in [3.63, 3.8) is 0 Å². The van der Waals surface area contributed by atoms with Crippen molar-refractivity contribution >= 4 is 17.5 Å². The van der Waals surface area contributed by atoms with Crippen molar-refractivity contribution in [2.75, 3.05) is 10.6 Å². The third kappa shape index (κ3) is 3.28. The smallest absolute Gasteiger partial charge is 0.228 e. The maximum atomic E-state index is 11.6. The number of aromatic nitrogens is 3. The molecule has 1 aliphatic rings. The van der Waals surface area contributed by atoms with Gasteiger partial charge in [0.1, 0.15) is 5.82 Å². The lowest BCUT2D eigenvalue weighted by atomic mass is 10.3. The average molecular weight is 269 g/mol. The molecule has 2 aromatic heterocycles. The molecule has 6 heteroatoms. The zero-order valence-electron chi connectivity index (χ0n) is 10.9. The molecular formula is C14H15N5O. The highest BCUT2D eigenvalue weighted by Gasteiger charge is 2.29. The molecule has 2 aromatic rings. The van der Waals surface area contributed by atoms with Gasteiger partial charge in [0.25, 0.3) is 0 Å². The van der Waals surface area contributed by atoms with Crippen LogP contribution in [0.2, 0.25) is 0 Å². The van der Waals surface area contributed by atoms with Gasteiger partial charge in [-0.2, -0.15) is 0 Å².